The summed E-state index contributed by atoms with van der Waals surface area (Å²) >= 11 is 0. The molecule has 0 radical (unpaired) electrons. The van der Waals surface area contributed by atoms with E-state index in [2.05, 4.69) is 15.1 Å². The molecule has 0 unspecified atom stereocenters. The maximum Gasteiger partial charge on any atom is 0.417 e. The number of hydrogen-bond donors (Lipinski definition) is 0. The normalized spacial score (nSPS) is 19.5. The van der Waals surface area contributed by atoms with Crippen LogP contribution in [0.5, 0.6) is 0 Å². The van der Waals surface area contributed by atoms with E-state index in [9.17, 15) is 13.2 Å². The Hall–Kier alpha value is -2.12. The van der Waals surface area contributed by atoms with Crippen molar-refractivity contribution < 1.29 is 17.7 Å². The highest BCUT2D eigenvalue weighted by Gasteiger charge is 2.31. The third-order valence-corrected chi connectivity index (χ3v) is 3.73. The lowest BCUT2D eigenvalue weighted by Gasteiger charge is -2.32. The number of aromatic nitrogens is 3. The molecule has 0 aliphatic carbocycles. The topological polar surface area (TPSA) is 55.1 Å². The van der Waals surface area contributed by atoms with E-state index in [1.165, 1.54) is 6.07 Å². The average molecular weight is 312 g/mol. The molecule has 8 heteroatoms. The van der Waals surface area contributed by atoms with E-state index in [1.54, 1.807) is 6.92 Å². The van der Waals surface area contributed by atoms with Gasteiger partial charge in [-0.2, -0.15) is 18.2 Å². The molecule has 1 atom stereocenters. The smallest absolute Gasteiger partial charge is 0.356 e. The number of anilines is 1. The van der Waals surface area contributed by atoms with Crippen LogP contribution in [-0.2, 0) is 6.18 Å². The van der Waals surface area contributed by atoms with Gasteiger partial charge in [-0.25, -0.2) is 4.98 Å². The lowest BCUT2D eigenvalue weighted by atomic mass is 9.97. The Kier molecular flexibility index (Phi) is 3.76. The molecular weight excluding hydrogens is 297 g/mol. The van der Waals surface area contributed by atoms with Crippen molar-refractivity contribution in [1.82, 2.24) is 15.1 Å². The van der Waals surface area contributed by atoms with Crippen LogP contribution >= 0.6 is 0 Å². The first kappa shape index (κ1) is 14.8. The van der Waals surface area contributed by atoms with Crippen molar-refractivity contribution in [3.05, 3.63) is 35.6 Å². The van der Waals surface area contributed by atoms with Gasteiger partial charge < -0.3 is 9.42 Å². The Balaban J connectivity index is 1.74. The molecule has 3 rings (SSSR count). The molecule has 1 saturated heterocycles. The third kappa shape index (κ3) is 3.05. The first-order valence-corrected chi connectivity index (χ1v) is 7.02. The number of pyridine rings is 1. The summed E-state index contributed by atoms with van der Waals surface area (Å²) in [6.07, 6.45) is -1.66. The average Bonchev–Trinajstić information content (AvgIpc) is 2.93. The summed E-state index contributed by atoms with van der Waals surface area (Å²) in [5, 5.41) is 3.93. The second-order valence-corrected chi connectivity index (χ2v) is 5.36. The van der Waals surface area contributed by atoms with Gasteiger partial charge in [-0.1, -0.05) is 5.16 Å². The van der Waals surface area contributed by atoms with Crippen LogP contribution in [0.15, 0.2) is 22.9 Å². The maximum atomic E-state index is 12.6. The number of piperidine rings is 1. The zero-order valence-corrected chi connectivity index (χ0v) is 12.0. The van der Waals surface area contributed by atoms with Gasteiger partial charge in [0.1, 0.15) is 5.82 Å². The monoisotopic (exact) mass is 312 g/mol. The van der Waals surface area contributed by atoms with Crippen molar-refractivity contribution in [1.29, 1.82) is 0 Å². The summed E-state index contributed by atoms with van der Waals surface area (Å²) in [5.41, 5.74) is -0.737. The van der Waals surface area contributed by atoms with Crippen molar-refractivity contribution >= 4 is 5.82 Å². The number of hydrogen-bond acceptors (Lipinski definition) is 5. The van der Waals surface area contributed by atoms with Crippen molar-refractivity contribution in [3.8, 4) is 0 Å². The van der Waals surface area contributed by atoms with Gasteiger partial charge in [0.05, 0.1) is 5.56 Å². The SMILES string of the molecule is Cc1nc([C@@H]2CCCN(c3ccc(C(F)(F)F)cn3)C2)no1. The molecule has 2 aromatic rings. The van der Waals surface area contributed by atoms with E-state index in [-0.39, 0.29) is 5.92 Å². The highest BCUT2D eigenvalue weighted by Crippen LogP contribution is 2.31. The Morgan fingerprint density at radius 2 is 2.14 bits per heavy atom. The van der Waals surface area contributed by atoms with E-state index in [0.29, 0.717) is 24.1 Å². The molecule has 5 nitrogen and oxygen atoms in total. The fraction of sp³-hybridized carbons (Fsp3) is 0.500. The number of aryl methyl sites for hydroxylation is 1. The Morgan fingerprint density at radius 1 is 1.32 bits per heavy atom. The van der Waals surface area contributed by atoms with Crippen molar-refractivity contribution in [2.75, 3.05) is 18.0 Å². The second kappa shape index (κ2) is 5.58. The summed E-state index contributed by atoms with van der Waals surface area (Å²) in [5.74, 6) is 1.81. The molecule has 1 fully saturated rings. The molecule has 0 aromatic carbocycles. The molecule has 0 spiro atoms. The van der Waals surface area contributed by atoms with Gasteiger partial charge in [0, 0.05) is 32.1 Å². The Bertz CT molecular complexity index is 638. The van der Waals surface area contributed by atoms with Gasteiger partial charge in [0.25, 0.3) is 0 Å². The summed E-state index contributed by atoms with van der Waals surface area (Å²) < 4.78 is 42.7. The highest BCUT2D eigenvalue weighted by molar-refractivity contribution is 5.41. The molecule has 1 aliphatic heterocycles. The van der Waals surface area contributed by atoms with E-state index >= 15 is 0 Å². The quantitative estimate of drug-likeness (QED) is 0.852. The Labute approximate surface area is 125 Å². The minimum Gasteiger partial charge on any atom is -0.356 e. The van der Waals surface area contributed by atoms with Gasteiger partial charge in [0.15, 0.2) is 5.82 Å². The summed E-state index contributed by atoms with van der Waals surface area (Å²) in [4.78, 5) is 10.1. The molecule has 3 heterocycles. The molecule has 2 aromatic heterocycles. The molecule has 22 heavy (non-hydrogen) atoms. The fourth-order valence-electron chi connectivity index (χ4n) is 2.62. The third-order valence-electron chi connectivity index (χ3n) is 3.73. The standard InChI is InChI=1S/C14H15F3N4O/c1-9-19-13(20-22-9)10-3-2-6-21(8-10)12-5-4-11(7-18-12)14(15,16)17/h4-5,7,10H,2-3,6,8H2,1H3/t10-/m1/s1. The largest absolute Gasteiger partial charge is 0.417 e. The summed E-state index contributed by atoms with van der Waals surface area (Å²) in [6.45, 7) is 3.11. The molecule has 118 valence electrons. The van der Waals surface area contributed by atoms with Crippen LogP contribution < -0.4 is 4.90 Å². The van der Waals surface area contributed by atoms with Crippen molar-refractivity contribution in [2.24, 2.45) is 0 Å². The van der Waals surface area contributed by atoms with Crippen LogP contribution in [0.25, 0.3) is 0 Å². The van der Waals surface area contributed by atoms with Gasteiger partial charge >= 0.3 is 6.18 Å². The maximum absolute atomic E-state index is 12.6. The van der Waals surface area contributed by atoms with E-state index in [4.69, 9.17) is 4.52 Å². The lowest BCUT2D eigenvalue weighted by molar-refractivity contribution is -0.137. The number of halogens is 3. The van der Waals surface area contributed by atoms with Crippen LogP contribution in [0, 0.1) is 6.92 Å². The zero-order chi connectivity index (χ0) is 15.7. The molecule has 0 N–H and O–H groups in total. The molecule has 1 aliphatic rings. The van der Waals surface area contributed by atoms with Gasteiger partial charge in [-0.05, 0) is 25.0 Å². The van der Waals surface area contributed by atoms with Crippen LogP contribution in [0.4, 0.5) is 19.0 Å². The molecule has 0 bridgehead atoms. The van der Waals surface area contributed by atoms with E-state index in [0.717, 1.165) is 31.6 Å². The molecule has 0 amide bonds. The Morgan fingerprint density at radius 3 is 2.73 bits per heavy atom. The van der Waals surface area contributed by atoms with Crippen LogP contribution in [0.2, 0.25) is 0 Å². The fourth-order valence-corrected chi connectivity index (χ4v) is 2.62. The number of rotatable bonds is 2. The number of nitrogens with zero attached hydrogens (tertiary/aromatic N) is 4. The van der Waals surface area contributed by atoms with Crippen molar-refractivity contribution in [3.63, 3.8) is 0 Å². The molecular formula is C14H15F3N4O. The first-order valence-electron chi connectivity index (χ1n) is 7.02. The van der Waals surface area contributed by atoms with Crippen LogP contribution in [-0.4, -0.2) is 28.2 Å². The van der Waals surface area contributed by atoms with E-state index < -0.39 is 11.7 Å². The van der Waals surface area contributed by atoms with E-state index in [1.807, 2.05) is 4.90 Å². The second-order valence-electron chi connectivity index (χ2n) is 5.36. The highest BCUT2D eigenvalue weighted by atomic mass is 19.4. The summed E-state index contributed by atoms with van der Waals surface area (Å²) in [6, 6.07) is 2.47. The van der Waals surface area contributed by atoms with Crippen LogP contribution in [0.3, 0.4) is 0 Å². The minimum atomic E-state index is -4.36. The minimum absolute atomic E-state index is 0.107. The number of alkyl halides is 3. The van der Waals surface area contributed by atoms with Crippen LogP contribution in [0.1, 0.15) is 36.0 Å². The van der Waals surface area contributed by atoms with Gasteiger partial charge in [-0.15, -0.1) is 0 Å². The lowest BCUT2D eigenvalue weighted by Crippen LogP contribution is -2.35. The summed E-state index contributed by atoms with van der Waals surface area (Å²) in [7, 11) is 0. The van der Waals surface area contributed by atoms with Gasteiger partial charge in [-0.3, -0.25) is 0 Å². The predicted octanol–water partition coefficient (Wildman–Crippen LogP) is 3.18. The first-order chi connectivity index (χ1) is 10.4. The zero-order valence-electron chi connectivity index (χ0n) is 12.0. The van der Waals surface area contributed by atoms with Gasteiger partial charge in [0.2, 0.25) is 5.89 Å². The van der Waals surface area contributed by atoms with Crippen molar-refractivity contribution in [2.45, 2.75) is 31.9 Å². The predicted molar refractivity (Wildman–Crippen MR) is 72.5 cm³/mol. The molecule has 0 saturated carbocycles.